The number of fused-ring (bicyclic) bond motifs is 1. The summed E-state index contributed by atoms with van der Waals surface area (Å²) in [5, 5.41) is 19.7. The summed E-state index contributed by atoms with van der Waals surface area (Å²) in [5.41, 5.74) is -0.925. The molecule has 1 unspecified atom stereocenters. The smallest absolute Gasteiger partial charge is 0.431 e. The topological polar surface area (TPSA) is 181 Å². The molecule has 1 amide bonds. The van der Waals surface area contributed by atoms with Gasteiger partial charge in [-0.25, -0.2) is 14.4 Å². The molecule has 0 aliphatic carbocycles. The van der Waals surface area contributed by atoms with Crippen LogP contribution in [0.2, 0.25) is 0 Å². The Morgan fingerprint density at radius 2 is 2.00 bits per heavy atom. The second-order valence-electron chi connectivity index (χ2n) is 10.2. The maximum Gasteiger partial charge on any atom is 0.431 e. The Bertz CT molecular complexity index is 1410. The third kappa shape index (κ3) is 6.45. The van der Waals surface area contributed by atoms with Gasteiger partial charge in [0, 0.05) is 19.3 Å². The Morgan fingerprint density at radius 3 is 2.64 bits per heavy atom. The van der Waals surface area contributed by atoms with Crippen LogP contribution in [-0.2, 0) is 28.5 Å². The average molecular weight is 592 g/mol. The summed E-state index contributed by atoms with van der Waals surface area (Å²) in [7, 11) is 1.43. The number of nitrogens with one attached hydrogen (secondary N) is 1. The zero-order valence-electron chi connectivity index (χ0n) is 23.5. The molecular formula is C28H33NO13. The zero-order valence-corrected chi connectivity index (χ0v) is 23.5. The molecule has 4 rings (SSSR count). The van der Waals surface area contributed by atoms with Gasteiger partial charge in [0.1, 0.15) is 29.8 Å². The van der Waals surface area contributed by atoms with Gasteiger partial charge < -0.3 is 43.1 Å². The van der Waals surface area contributed by atoms with E-state index in [1.165, 1.54) is 19.2 Å². The Labute approximate surface area is 240 Å². The summed E-state index contributed by atoms with van der Waals surface area (Å²) in [6.07, 6.45) is 1.54. The number of carbonyl (C=O) groups is 2. The van der Waals surface area contributed by atoms with E-state index in [0.717, 1.165) is 12.8 Å². The highest BCUT2D eigenvalue weighted by atomic mass is 16.8. The van der Waals surface area contributed by atoms with Crippen molar-refractivity contribution in [1.82, 2.24) is 5.48 Å². The minimum absolute atomic E-state index is 0.00514. The van der Waals surface area contributed by atoms with Gasteiger partial charge in [0.05, 0.1) is 11.0 Å². The molecule has 2 aliphatic rings. The van der Waals surface area contributed by atoms with E-state index < -0.39 is 65.5 Å². The second kappa shape index (κ2) is 13.0. The van der Waals surface area contributed by atoms with Crippen molar-refractivity contribution in [2.75, 3.05) is 20.3 Å². The summed E-state index contributed by atoms with van der Waals surface area (Å²) in [6.45, 7) is 5.26. The minimum atomic E-state index is -1.63. The lowest BCUT2D eigenvalue weighted by atomic mass is 9.89. The highest BCUT2D eigenvalue weighted by Crippen LogP contribution is 2.39. The number of amides is 1. The highest BCUT2D eigenvalue weighted by molar-refractivity contribution is 5.98. The average Bonchev–Trinajstić information content (AvgIpc) is 2.93. The van der Waals surface area contributed by atoms with Crippen LogP contribution in [0.15, 0.2) is 21.3 Å². The summed E-state index contributed by atoms with van der Waals surface area (Å²) in [4.78, 5) is 41.3. The molecule has 0 saturated carbocycles. The molecule has 2 saturated heterocycles. The molecule has 2 aliphatic heterocycles. The fourth-order valence-electron chi connectivity index (χ4n) is 5.02. The molecule has 3 heterocycles. The first-order chi connectivity index (χ1) is 20.0. The van der Waals surface area contributed by atoms with Crippen molar-refractivity contribution in [2.24, 2.45) is 0 Å². The Balaban J connectivity index is 1.72. The molecular weight excluding hydrogens is 558 g/mol. The van der Waals surface area contributed by atoms with Crippen molar-refractivity contribution >= 4 is 23.0 Å². The lowest BCUT2D eigenvalue weighted by Crippen LogP contribution is -2.66. The second-order valence-corrected chi connectivity index (χ2v) is 10.2. The number of benzene rings is 1. The number of rotatable bonds is 9. The van der Waals surface area contributed by atoms with E-state index in [-0.39, 0.29) is 28.9 Å². The van der Waals surface area contributed by atoms with Gasteiger partial charge in [-0.05, 0) is 52.2 Å². The van der Waals surface area contributed by atoms with Crippen molar-refractivity contribution in [3.8, 4) is 23.8 Å². The number of carboxylic acid groups (broad SMARTS) is 1. The Morgan fingerprint density at radius 1 is 1.24 bits per heavy atom. The minimum Gasteiger partial charge on any atom is -0.506 e. The molecule has 0 radical (unpaired) electrons. The first-order valence-electron chi connectivity index (χ1n) is 13.2. The summed E-state index contributed by atoms with van der Waals surface area (Å²) in [6, 6.07) is 2.80. The van der Waals surface area contributed by atoms with Gasteiger partial charge in [0.2, 0.25) is 6.29 Å². The SMILES string of the molecule is C#CCONC(=O)O[C@H]1[C@@H](OC2CCCCO2)[C@H](Oc2ccc3c(O)c(C(=O)O)c(=O)oc3c2C)OC(C)(C)[C@@H]1OC. The lowest BCUT2D eigenvalue weighted by molar-refractivity contribution is -0.338. The number of hydroxylamine groups is 1. The highest BCUT2D eigenvalue weighted by Gasteiger charge is 2.55. The molecule has 228 valence electrons. The first-order valence-corrected chi connectivity index (χ1v) is 13.2. The fourth-order valence-corrected chi connectivity index (χ4v) is 5.02. The van der Waals surface area contributed by atoms with Crippen LogP contribution in [0.5, 0.6) is 11.5 Å². The van der Waals surface area contributed by atoms with E-state index in [1.54, 1.807) is 20.8 Å². The van der Waals surface area contributed by atoms with Crippen LogP contribution >= 0.6 is 0 Å². The molecule has 1 aromatic heterocycles. The van der Waals surface area contributed by atoms with Crippen molar-refractivity contribution in [3.05, 3.63) is 33.7 Å². The molecule has 5 atom stereocenters. The molecule has 2 aromatic rings. The molecule has 0 bridgehead atoms. The predicted octanol–water partition coefficient (Wildman–Crippen LogP) is 2.61. The summed E-state index contributed by atoms with van der Waals surface area (Å²) < 4.78 is 41.3. The predicted molar refractivity (Wildman–Crippen MR) is 143 cm³/mol. The van der Waals surface area contributed by atoms with Crippen LogP contribution in [0, 0.1) is 19.3 Å². The third-order valence-corrected chi connectivity index (χ3v) is 6.95. The van der Waals surface area contributed by atoms with Crippen LogP contribution in [0.3, 0.4) is 0 Å². The zero-order chi connectivity index (χ0) is 30.6. The molecule has 3 N–H and O–H groups in total. The van der Waals surface area contributed by atoms with E-state index in [0.29, 0.717) is 13.0 Å². The number of hydrogen-bond donors (Lipinski definition) is 3. The number of carboxylic acids is 1. The molecule has 42 heavy (non-hydrogen) atoms. The maximum atomic E-state index is 12.6. The molecule has 14 nitrogen and oxygen atoms in total. The van der Waals surface area contributed by atoms with Gasteiger partial charge in [-0.1, -0.05) is 5.92 Å². The molecule has 1 aromatic carbocycles. The number of carbonyl (C=O) groups excluding carboxylic acids is 1. The van der Waals surface area contributed by atoms with Crippen LogP contribution in [0.25, 0.3) is 11.0 Å². The van der Waals surface area contributed by atoms with Gasteiger partial charge in [-0.15, -0.1) is 6.42 Å². The summed E-state index contributed by atoms with van der Waals surface area (Å²) in [5.74, 6) is 0.0149. The largest absolute Gasteiger partial charge is 0.506 e. The number of aromatic hydroxyl groups is 1. The van der Waals surface area contributed by atoms with Gasteiger partial charge in [-0.3, -0.25) is 4.84 Å². The number of aromatic carboxylic acids is 1. The number of aryl methyl sites for hydroxylation is 1. The van der Waals surface area contributed by atoms with E-state index in [4.69, 9.17) is 44.1 Å². The number of ether oxygens (including phenoxy) is 6. The molecule has 14 heteroatoms. The van der Waals surface area contributed by atoms with Gasteiger partial charge in [0.15, 0.2) is 24.1 Å². The van der Waals surface area contributed by atoms with E-state index >= 15 is 0 Å². The van der Waals surface area contributed by atoms with Crippen LogP contribution in [0.1, 0.15) is 49.0 Å². The lowest BCUT2D eigenvalue weighted by Gasteiger charge is -2.49. The quantitative estimate of drug-likeness (QED) is 0.168. The Kier molecular flexibility index (Phi) is 9.60. The fraction of sp³-hybridized carbons (Fsp3) is 0.536. The van der Waals surface area contributed by atoms with Gasteiger partial charge in [-0.2, -0.15) is 5.48 Å². The van der Waals surface area contributed by atoms with E-state index in [9.17, 15) is 24.6 Å². The van der Waals surface area contributed by atoms with Crippen LogP contribution in [0.4, 0.5) is 4.79 Å². The normalized spacial score (nSPS) is 25.4. The van der Waals surface area contributed by atoms with E-state index in [1.807, 2.05) is 0 Å². The van der Waals surface area contributed by atoms with Crippen molar-refractivity contribution in [3.63, 3.8) is 0 Å². The number of methoxy groups -OCH3 is 1. The van der Waals surface area contributed by atoms with Crippen molar-refractivity contribution in [1.29, 1.82) is 0 Å². The van der Waals surface area contributed by atoms with E-state index in [2.05, 4.69) is 11.4 Å². The molecule has 2 fully saturated rings. The Hall–Kier alpha value is -3.87. The van der Waals surface area contributed by atoms with Crippen molar-refractivity contribution < 1.29 is 57.5 Å². The van der Waals surface area contributed by atoms with Crippen LogP contribution < -0.4 is 15.8 Å². The van der Waals surface area contributed by atoms with Gasteiger partial charge >= 0.3 is 17.7 Å². The van der Waals surface area contributed by atoms with Gasteiger partial charge in [0.25, 0.3) is 0 Å². The number of terminal acetylenes is 1. The van der Waals surface area contributed by atoms with Crippen molar-refractivity contribution in [2.45, 2.75) is 76.5 Å². The van der Waals surface area contributed by atoms with Crippen LogP contribution in [-0.4, -0.2) is 79.1 Å². The first kappa shape index (κ1) is 31.1. The monoisotopic (exact) mass is 591 g/mol. The third-order valence-electron chi connectivity index (χ3n) is 6.95. The maximum absolute atomic E-state index is 12.6. The standard InChI is InChI=1S/C28H33NO13/c1-6-12-37-29-27(34)41-21-22(39-17-9-7-8-13-36-17)26(42-28(3,4)23(21)35-5)38-16-11-10-15-19(30)18(24(31)32)25(33)40-20(15)14(16)2/h1,10-11,17,21-23,26,30H,7-9,12-13H2,2-5H3,(H,29,34)(H,31,32)/t17?,21-,22+,23+,26+/m0/s1. The molecule has 0 spiro atoms. The number of hydrogen-bond acceptors (Lipinski definition) is 12. The summed E-state index contributed by atoms with van der Waals surface area (Å²) >= 11 is 0.